The number of carbonyl (C=O) groups excluding carboxylic acids is 1. The lowest BCUT2D eigenvalue weighted by Crippen LogP contribution is -2.32. The van der Waals surface area contributed by atoms with Crippen molar-refractivity contribution in [2.75, 3.05) is 16.4 Å². The first-order valence-corrected chi connectivity index (χ1v) is 12.7. The lowest BCUT2D eigenvalue weighted by molar-refractivity contribution is -0.137. The molecular formula is C22H21Cl2N5O5S. The standard InChI is InChI=1S/C22H21Cl2N5O5S/c1-2-7-35(33,34)19-9-18(26-12-27-19)29-17(22(31)32)8-13-3-5-14(6-4-13)28-21(30)20-15(23)10-25-11-16(20)24/h3-6,9-12,17H,2,7-8H2,1H3,(H,28,30)(H,31,32)(H,26,27,29)/t17-/m0/s1. The fraction of sp³-hybridized carbons (Fsp3) is 0.227. The van der Waals surface area contributed by atoms with E-state index in [1.807, 2.05) is 0 Å². The zero-order valence-corrected chi connectivity index (χ0v) is 20.7. The summed E-state index contributed by atoms with van der Waals surface area (Å²) < 4.78 is 24.5. The largest absolute Gasteiger partial charge is 0.480 e. The van der Waals surface area contributed by atoms with Crippen LogP contribution in [-0.2, 0) is 21.1 Å². The Balaban J connectivity index is 1.70. The normalized spacial score (nSPS) is 12.1. The van der Waals surface area contributed by atoms with Crippen LogP contribution in [0.25, 0.3) is 0 Å². The van der Waals surface area contributed by atoms with Crippen molar-refractivity contribution >= 4 is 56.4 Å². The first-order chi connectivity index (χ1) is 16.6. The molecule has 35 heavy (non-hydrogen) atoms. The van der Waals surface area contributed by atoms with Crippen molar-refractivity contribution in [3.05, 3.63) is 70.2 Å². The van der Waals surface area contributed by atoms with E-state index in [4.69, 9.17) is 23.2 Å². The number of amides is 1. The van der Waals surface area contributed by atoms with Gasteiger partial charge in [-0.1, -0.05) is 42.3 Å². The fourth-order valence-corrected chi connectivity index (χ4v) is 4.90. The van der Waals surface area contributed by atoms with Crippen LogP contribution in [0.3, 0.4) is 0 Å². The van der Waals surface area contributed by atoms with E-state index in [1.165, 1.54) is 18.5 Å². The Morgan fingerprint density at radius 2 is 1.74 bits per heavy atom. The summed E-state index contributed by atoms with van der Waals surface area (Å²) in [5, 5.41) is 15.1. The monoisotopic (exact) mass is 537 g/mol. The third kappa shape index (κ3) is 6.87. The van der Waals surface area contributed by atoms with Crippen molar-refractivity contribution in [3.8, 4) is 0 Å². The van der Waals surface area contributed by atoms with Gasteiger partial charge >= 0.3 is 5.97 Å². The van der Waals surface area contributed by atoms with Crippen molar-refractivity contribution in [1.82, 2.24) is 15.0 Å². The van der Waals surface area contributed by atoms with E-state index in [0.717, 1.165) is 6.33 Å². The van der Waals surface area contributed by atoms with Crippen LogP contribution in [-0.4, -0.2) is 52.1 Å². The summed E-state index contributed by atoms with van der Waals surface area (Å²) >= 11 is 12.0. The minimum absolute atomic E-state index is 0.0621. The van der Waals surface area contributed by atoms with Gasteiger partial charge in [0.15, 0.2) is 14.9 Å². The molecule has 0 aliphatic heterocycles. The minimum Gasteiger partial charge on any atom is -0.480 e. The van der Waals surface area contributed by atoms with Crippen molar-refractivity contribution in [1.29, 1.82) is 0 Å². The highest BCUT2D eigenvalue weighted by atomic mass is 35.5. The number of hydrogen-bond acceptors (Lipinski definition) is 8. The maximum atomic E-state index is 12.5. The predicted molar refractivity (Wildman–Crippen MR) is 132 cm³/mol. The summed E-state index contributed by atoms with van der Waals surface area (Å²) in [5.74, 6) is -1.66. The number of benzene rings is 1. The number of pyridine rings is 1. The van der Waals surface area contributed by atoms with E-state index in [-0.39, 0.29) is 38.6 Å². The zero-order valence-electron chi connectivity index (χ0n) is 18.4. The molecule has 0 saturated heterocycles. The molecule has 0 spiro atoms. The number of anilines is 2. The van der Waals surface area contributed by atoms with Crippen LogP contribution in [0.1, 0.15) is 29.3 Å². The highest BCUT2D eigenvalue weighted by Gasteiger charge is 2.21. The first kappa shape index (κ1) is 26.3. The van der Waals surface area contributed by atoms with Gasteiger partial charge in [0.25, 0.3) is 5.91 Å². The van der Waals surface area contributed by atoms with Crippen LogP contribution >= 0.6 is 23.2 Å². The molecule has 3 rings (SSSR count). The summed E-state index contributed by atoms with van der Waals surface area (Å²) in [6, 6.07) is 6.64. The molecular weight excluding hydrogens is 517 g/mol. The van der Waals surface area contributed by atoms with Gasteiger partial charge in [0, 0.05) is 30.6 Å². The van der Waals surface area contributed by atoms with Gasteiger partial charge in [0.05, 0.1) is 21.4 Å². The van der Waals surface area contributed by atoms with E-state index in [1.54, 1.807) is 31.2 Å². The Kier molecular flexibility index (Phi) is 8.60. The molecule has 2 heterocycles. The Hall–Kier alpha value is -3.28. The van der Waals surface area contributed by atoms with E-state index in [9.17, 15) is 23.1 Å². The summed E-state index contributed by atoms with van der Waals surface area (Å²) in [7, 11) is -3.58. The number of rotatable bonds is 10. The number of hydrogen-bond donors (Lipinski definition) is 3. The van der Waals surface area contributed by atoms with Gasteiger partial charge in [-0.2, -0.15) is 0 Å². The maximum absolute atomic E-state index is 12.5. The molecule has 3 N–H and O–H groups in total. The van der Waals surface area contributed by atoms with Crippen LogP contribution in [0, 0.1) is 0 Å². The molecule has 1 aromatic carbocycles. The molecule has 10 nitrogen and oxygen atoms in total. The van der Waals surface area contributed by atoms with Crippen LogP contribution in [0.15, 0.2) is 54.1 Å². The number of aromatic nitrogens is 3. The third-order valence-electron chi connectivity index (χ3n) is 4.79. The molecule has 1 amide bonds. The highest BCUT2D eigenvalue weighted by Crippen LogP contribution is 2.24. The molecule has 184 valence electrons. The van der Waals surface area contributed by atoms with E-state index in [0.29, 0.717) is 17.7 Å². The van der Waals surface area contributed by atoms with E-state index in [2.05, 4.69) is 25.6 Å². The second-order valence-corrected chi connectivity index (χ2v) is 10.3. The second kappa shape index (κ2) is 11.4. The van der Waals surface area contributed by atoms with Gasteiger partial charge < -0.3 is 15.7 Å². The Morgan fingerprint density at radius 3 is 2.34 bits per heavy atom. The summed E-state index contributed by atoms with van der Waals surface area (Å²) in [5.41, 5.74) is 1.19. The summed E-state index contributed by atoms with van der Waals surface area (Å²) in [6.45, 7) is 1.73. The molecule has 0 saturated carbocycles. The summed E-state index contributed by atoms with van der Waals surface area (Å²) in [6.07, 6.45) is 4.18. The zero-order chi connectivity index (χ0) is 25.6. The summed E-state index contributed by atoms with van der Waals surface area (Å²) in [4.78, 5) is 35.9. The Labute approximate surface area is 211 Å². The van der Waals surface area contributed by atoms with E-state index >= 15 is 0 Å². The molecule has 0 bridgehead atoms. The molecule has 0 fully saturated rings. The lowest BCUT2D eigenvalue weighted by Gasteiger charge is -2.16. The first-order valence-electron chi connectivity index (χ1n) is 10.3. The Morgan fingerprint density at radius 1 is 1.09 bits per heavy atom. The molecule has 1 atom stereocenters. The fourth-order valence-electron chi connectivity index (χ4n) is 3.12. The van der Waals surface area contributed by atoms with Crippen LogP contribution in [0.5, 0.6) is 0 Å². The van der Waals surface area contributed by atoms with E-state index < -0.39 is 27.8 Å². The molecule has 2 aromatic heterocycles. The number of carboxylic acid groups (broad SMARTS) is 1. The molecule has 13 heteroatoms. The predicted octanol–water partition coefficient (Wildman–Crippen LogP) is 3.72. The maximum Gasteiger partial charge on any atom is 0.326 e. The number of halogens is 2. The highest BCUT2D eigenvalue weighted by molar-refractivity contribution is 7.91. The molecule has 3 aromatic rings. The lowest BCUT2D eigenvalue weighted by atomic mass is 10.1. The quantitative estimate of drug-likeness (QED) is 0.328. The van der Waals surface area contributed by atoms with Gasteiger partial charge in [0.1, 0.15) is 18.2 Å². The number of carbonyl (C=O) groups is 2. The minimum atomic E-state index is -3.58. The molecule has 0 aliphatic rings. The van der Waals surface area contributed by atoms with Crippen molar-refractivity contribution in [2.24, 2.45) is 0 Å². The van der Waals surface area contributed by atoms with Crippen LogP contribution < -0.4 is 10.6 Å². The van der Waals surface area contributed by atoms with Gasteiger partial charge in [-0.05, 0) is 24.1 Å². The SMILES string of the molecule is CCCS(=O)(=O)c1cc(N[C@@H](Cc2ccc(NC(=O)c3c(Cl)cncc3Cl)cc2)C(=O)O)ncn1. The number of aliphatic carboxylic acids is 1. The number of nitrogens with one attached hydrogen (secondary N) is 2. The third-order valence-corrected chi connectivity index (χ3v) is 7.17. The van der Waals surface area contributed by atoms with Crippen molar-refractivity contribution < 1.29 is 23.1 Å². The van der Waals surface area contributed by atoms with Gasteiger partial charge in [-0.3, -0.25) is 9.78 Å². The number of nitrogens with zero attached hydrogens (tertiary/aromatic N) is 3. The van der Waals surface area contributed by atoms with Gasteiger partial charge in [-0.15, -0.1) is 0 Å². The smallest absolute Gasteiger partial charge is 0.326 e. The van der Waals surface area contributed by atoms with Crippen LogP contribution in [0.2, 0.25) is 10.0 Å². The second-order valence-electron chi connectivity index (χ2n) is 7.43. The topological polar surface area (TPSA) is 151 Å². The van der Waals surface area contributed by atoms with Crippen LogP contribution in [0.4, 0.5) is 11.5 Å². The average molecular weight is 538 g/mol. The Bertz CT molecular complexity index is 1320. The van der Waals surface area contributed by atoms with Crippen molar-refractivity contribution in [2.45, 2.75) is 30.8 Å². The van der Waals surface area contributed by atoms with Crippen molar-refractivity contribution in [3.63, 3.8) is 0 Å². The van der Waals surface area contributed by atoms with Gasteiger partial charge in [-0.25, -0.2) is 23.2 Å². The number of sulfone groups is 1. The molecule has 0 unspecified atom stereocenters. The molecule has 0 radical (unpaired) electrons. The average Bonchev–Trinajstić information content (AvgIpc) is 2.80. The number of carboxylic acids is 1. The molecule has 0 aliphatic carbocycles. The van der Waals surface area contributed by atoms with Gasteiger partial charge in [0.2, 0.25) is 0 Å².